The molecule has 0 saturated carbocycles. The number of aromatic amines is 1. The molecule has 0 aliphatic carbocycles. The van der Waals surface area contributed by atoms with E-state index in [9.17, 15) is 9.59 Å². The fourth-order valence-electron chi connectivity index (χ4n) is 3.68. The lowest BCUT2D eigenvalue weighted by Crippen LogP contribution is -2.35. The number of pyridine rings is 1. The Balaban J connectivity index is 1.47. The van der Waals surface area contributed by atoms with Crippen molar-refractivity contribution in [2.24, 2.45) is 0 Å². The van der Waals surface area contributed by atoms with Crippen LogP contribution in [0, 0.1) is 6.92 Å². The second-order valence-electron chi connectivity index (χ2n) is 7.06. The molecule has 1 fully saturated rings. The number of H-pyrrole nitrogens is 1. The van der Waals surface area contributed by atoms with E-state index in [4.69, 9.17) is 4.42 Å². The number of rotatable bonds is 3. The van der Waals surface area contributed by atoms with E-state index in [-0.39, 0.29) is 11.5 Å². The van der Waals surface area contributed by atoms with Crippen molar-refractivity contribution in [2.45, 2.75) is 19.9 Å². The average molecular weight is 365 g/mol. The van der Waals surface area contributed by atoms with E-state index in [1.54, 1.807) is 12.1 Å². The van der Waals surface area contributed by atoms with E-state index in [0.717, 1.165) is 41.5 Å². The molecular weight excluding hydrogens is 342 g/mol. The van der Waals surface area contributed by atoms with Gasteiger partial charge in [0.2, 0.25) is 0 Å². The largest absolute Gasteiger partial charge is 0.459 e. The maximum Gasteiger partial charge on any atom is 0.289 e. The quantitative estimate of drug-likeness (QED) is 0.775. The van der Waals surface area contributed by atoms with Gasteiger partial charge in [0, 0.05) is 38.3 Å². The van der Waals surface area contributed by atoms with Crippen molar-refractivity contribution in [3.63, 3.8) is 0 Å². The summed E-state index contributed by atoms with van der Waals surface area (Å²) in [4.78, 5) is 32.1. The molecule has 6 nitrogen and oxygen atoms in total. The molecule has 4 rings (SSSR count). The summed E-state index contributed by atoms with van der Waals surface area (Å²) in [6, 6.07) is 11.4. The third-order valence-electron chi connectivity index (χ3n) is 5.17. The number of carbonyl (C=O) groups is 1. The van der Waals surface area contributed by atoms with Crippen LogP contribution in [0.15, 0.2) is 51.9 Å². The number of furan rings is 1. The lowest BCUT2D eigenvalue weighted by molar-refractivity contribution is 0.0729. The SMILES string of the molecule is Cc1cccc2cc(CN3CCCN(C(=O)c4ccco4)CC3)c(=O)[nH]c12. The zero-order chi connectivity index (χ0) is 18.8. The number of para-hydroxylation sites is 1. The molecule has 3 aromatic rings. The minimum atomic E-state index is -0.0686. The smallest absolute Gasteiger partial charge is 0.289 e. The lowest BCUT2D eigenvalue weighted by Gasteiger charge is -2.21. The summed E-state index contributed by atoms with van der Waals surface area (Å²) in [5.41, 5.74) is 2.69. The molecule has 1 amide bonds. The second-order valence-corrected chi connectivity index (χ2v) is 7.06. The standard InChI is InChI=1S/C21H23N3O3/c1-15-5-2-6-16-13-17(20(25)22-19(15)16)14-23-8-4-9-24(11-10-23)21(26)18-7-3-12-27-18/h2-3,5-7,12-13H,4,8-11,14H2,1H3,(H,22,25). The number of carbonyl (C=O) groups excluding carboxylic acids is 1. The van der Waals surface area contributed by atoms with Gasteiger partial charge in [-0.25, -0.2) is 0 Å². The Kier molecular flexibility index (Phi) is 4.81. The minimum Gasteiger partial charge on any atom is -0.459 e. The van der Waals surface area contributed by atoms with E-state index < -0.39 is 0 Å². The number of hydrogen-bond donors (Lipinski definition) is 1. The number of nitrogens with zero attached hydrogens (tertiary/aromatic N) is 2. The summed E-state index contributed by atoms with van der Waals surface area (Å²) >= 11 is 0. The van der Waals surface area contributed by atoms with Crippen molar-refractivity contribution in [3.05, 3.63) is 69.9 Å². The van der Waals surface area contributed by atoms with E-state index in [1.807, 2.05) is 36.1 Å². The van der Waals surface area contributed by atoms with Gasteiger partial charge < -0.3 is 14.3 Å². The van der Waals surface area contributed by atoms with Crippen LogP contribution in [0.25, 0.3) is 10.9 Å². The molecule has 0 unspecified atom stereocenters. The Morgan fingerprint density at radius 1 is 1.15 bits per heavy atom. The van der Waals surface area contributed by atoms with Crippen LogP contribution in [-0.4, -0.2) is 46.9 Å². The number of hydrogen-bond acceptors (Lipinski definition) is 4. The van der Waals surface area contributed by atoms with E-state index >= 15 is 0 Å². The first-order valence-corrected chi connectivity index (χ1v) is 9.28. The van der Waals surface area contributed by atoms with Crippen LogP contribution >= 0.6 is 0 Å². The molecule has 6 heteroatoms. The molecule has 1 saturated heterocycles. The summed E-state index contributed by atoms with van der Waals surface area (Å²) < 4.78 is 5.23. The number of aromatic nitrogens is 1. The van der Waals surface area contributed by atoms with Gasteiger partial charge in [-0.2, -0.15) is 0 Å². The van der Waals surface area contributed by atoms with Gasteiger partial charge in [0.05, 0.1) is 11.8 Å². The maximum absolute atomic E-state index is 12.5. The van der Waals surface area contributed by atoms with Crippen molar-refractivity contribution in [1.29, 1.82) is 0 Å². The first kappa shape index (κ1) is 17.5. The van der Waals surface area contributed by atoms with Gasteiger partial charge >= 0.3 is 0 Å². The zero-order valence-corrected chi connectivity index (χ0v) is 15.4. The number of nitrogens with one attached hydrogen (secondary N) is 1. The monoisotopic (exact) mass is 365 g/mol. The molecule has 1 N–H and O–H groups in total. The van der Waals surface area contributed by atoms with Gasteiger partial charge in [-0.15, -0.1) is 0 Å². The molecule has 0 spiro atoms. The van der Waals surface area contributed by atoms with Gasteiger partial charge in [0.25, 0.3) is 11.5 Å². The molecule has 0 bridgehead atoms. The number of benzene rings is 1. The van der Waals surface area contributed by atoms with Crippen molar-refractivity contribution in [3.8, 4) is 0 Å². The number of fused-ring (bicyclic) bond motifs is 1. The van der Waals surface area contributed by atoms with Crippen molar-refractivity contribution < 1.29 is 9.21 Å². The molecule has 3 heterocycles. The highest BCUT2D eigenvalue weighted by Crippen LogP contribution is 2.17. The fourth-order valence-corrected chi connectivity index (χ4v) is 3.68. The fraction of sp³-hybridized carbons (Fsp3) is 0.333. The Morgan fingerprint density at radius 2 is 2.04 bits per heavy atom. The maximum atomic E-state index is 12.5. The van der Waals surface area contributed by atoms with Crippen LogP contribution in [0.3, 0.4) is 0 Å². The third kappa shape index (κ3) is 3.66. The first-order valence-electron chi connectivity index (χ1n) is 9.28. The molecule has 1 aromatic carbocycles. The lowest BCUT2D eigenvalue weighted by atomic mass is 10.1. The summed E-state index contributed by atoms with van der Waals surface area (Å²) in [5.74, 6) is 0.311. The summed E-state index contributed by atoms with van der Waals surface area (Å²) in [6.45, 7) is 5.50. The van der Waals surface area contributed by atoms with Gasteiger partial charge in [-0.1, -0.05) is 18.2 Å². The van der Waals surface area contributed by atoms with Crippen molar-refractivity contribution in [1.82, 2.24) is 14.8 Å². The predicted molar refractivity (Wildman–Crippen MR) is 104 cm³/mol. The van der Waals surface area contributed by atoms with Crippen LogP contribution in [-0.2, 0) is 6.54 Å². The predicted octanol–water partition coefficient (Wildman–Crippen LogP) is 2.78. The third-order valence-corrected chi connectivity index (χ3v) is 5.17. The highest BCUT2D eigenvalue weighted by atomic mass is 16.3. The van der Waals surface area contributed by atoms with Gasteiger partial charge in [-0.3, -0.25) is 14.5 Å². The zero-order valence-electron chi connectivity index (χ0n) is 15.4. The van der Waals surface area contributed by atoms with E-state index in [1.165, 1.54) is 6.26 Å². The summed E-state index contributed by atoms with van der Waals surface area (Å²) in [6.07, 6.45) is 2.39. The molecule has 2 aromatic heterocycles. The first-order chi connectivity index (χ1) is 13.1. The highest BCUT2D eigenvalue weighted by Gasteiger charge is 2.22. The minimum absolute atomic E-state index is 0.0374. The molecule has 27 heavy (non-hydrogen) atoms. The topological polar surface area (TPSA) is 69.5 Å². The van der Waals surface area contributed by atoms with Gasteiger partial charge in [0.15, 0.2) is 5.76 Å². The molecule has 1 aliphatic rings. The van der Waals surface area contributed by atoms with E-state index in [0.29, 0.717) is 25.4 Å². The molecule has 0 radical (unpaired) electrons. The molecule has 1 aliphatic heterocycles. The van der Waals surface area contributed by atoms with Crippen LogP contribution in [0.2, 0.25) is 0 Å². The van der Waals surface area contributed by atoms with Crippen LogP contribution in [0.4, 0.5) is 0 Å². The summed E-state index contributed by atoms with van der Waals surface area (Å²) in [7, 11) is 0. The second kappa shape index (κ2) is 7.40. The summed E-state index contributed by atoms with van der Waals surface area (Å²) in [5, 5.41) is 1.05. The molecule has 140 valence electrons. The molecule has 0 atom stereocenters. The van der Waals surface area contributed by atoms with Crippen molar-refractivity contribution >= 4 is 16.8 Å². The Hall–Kier alpha value is -2.86. The normalized spacial score (nSPS) is 15.8. The van der Waals surface area contributed by atoms with E-state index in [2.05, 4.69) is 9.88 Å². The van der Waals surface area contributed by atoms with Crippen molar-refractivity contribution in [2.75, 3.05) is 26.2 Å². The number of amides is 1. The Labute approximate surface area is 157 Å². The number of aryl methyl sites for hydroxylation is 1. The Bertz CT molecular complexity index is 1010. The van der Waals surface area contributed by atoms with Crippen LogP contribution in [0.1, 0.15) is 28.1 Å². The average Bonchev–Trinajstić information content (AvgIpc) is 3.10. The highest BCUT2D eigenvalue weighted by molar-refractivity contribution is 5.91. The van der Waals surface area contributed by atoms with Crippen LogP contribution in [0.5, 0.6) is 0 Å². The van der Waals surface area contributed by atoms with Gasteiger partial charge in [-0.05, 0) is 42.5 Å². The molecular formula is C21H23N3O3. The Morgan fingerprint density at radius 3 is 2.85 bits per heavy atom. The van der Waals surface area contributed by atoms with Gasteiger partial charge in [0.1, 0.15) is 0 Å². The van der Waals surface area contributed by atoms with Crippen LogP contribution < -0.4 is 5.56 Å².